The molecule has 1 aromatic carbocycles. The summed E-state index contributed by atoms with van der Waals surface area (Å²) in [6, 6.07) is 5.84. The van der Waals surface area contributed by atoms with Crippen LogP contribution < -0.4 is 20.5 Å². The molecular formula is C18H21N3O4. The topological polar surface area (TPSA) is 99.6 Å². The van der Waals surface area contributed by atoms with Gasteiger partial charge in [0, 0.05) is 17.6 Å². The Bertz CT molecular complexity index is 765. The normalized spacial score (nSPS) is 22.4. The molecule has 3 N–H and O–H groups in total. The predicted octanol–water partition coefficient (Wildman–Crippen LogP) is 2.11. The van der Waals surface area contributed by atoms with E-state index in [-0.39, 0.29) is 23.7 Å². The lowest BCUT2D eigenvalue weighted by molar-refractivity contribution is 0.0921. The number of aromatic nitrogens is 1. The number of carbonyl (C=O) groups is 1. The van der Waals surface area contributed by atoms with E-state index in [1.54, 1.807) is 0 Å². The van der Waals surface area contributed by atoms with Gasteiger partial charge in [0.05, 0.1) is 0 Å². The Morgan fingerprint density at radius 3 is 2.68 bits per heavy atom. The minimum atomic E-state index is -0.223. The van der Waals surface area contributed by atoms with Gasteiger partial charge in [-0.1, -0.05) is 0 Å². The molecule has 1 fully saturated rings. The van der Waals surface area contributed by atoms with Crippen LogP contribution in [-0.4, -0.2) is 36.2 Å². The minimum absolute atomic E-state index is 0.136. The maximum absolute atomic E-state index is 12.6. The van der Waals surface area contributed by atoms with Gasteiger partial charge in [0.25, 0.3) is 5.91 Å². The summed E-state index contributed by atoms with van der Waals surface area (Å²) in [7, 11) is 0. The Hall–Kier alpha value is -2.54. The molecule has 7 heteroatoms. The monoisotopic (exact) mass is 343 g/mol. The molecule has 0 unspecified atom stereocenters. The Kier molecular flexibility index (Phi) is 4.31. The lowest BCUT2D eigenvalue weighted by atomic mass is 9.92. The van der Waals surface area contributed by atoms with E-state index in [1.165, 1.54) is 6.39 Å². The molecule has 1 aromatic heterocycles. The number of amides is 1. The second kappa shape index (κ2) is 6.76. The van der Waals surface area contributed by atoms with E-state index >= 15 is 0 Å². The Labute approximate surface area is 145 Å². The molecule has 4 rings (SSSR count). The van der Waals surface area contributed by atoms with Gasteiger partial charge in [-0.2, -0.15) is 0 Å². The third kappa shape index (κ3) is 3.32. The zero-order chi connectivity index (χ0) is 17.2. The number of benzene rings is 1. The van der Waals surface area contributed by atoms with Gasteiger partial charge in [-0.3, -0.25) is 4.79 Å². The average Bonchev–Trinajstić information content (AvgIpc) is 3.13. The smallest absolute Gasteiger partial charge is 0.274 e. The number of nitrogens with zero attached hydrogens (tertiary/aromatic N) is 1. The highest BCUT2D eigenvalue weighted by atomic mass is 16.6. The molecule has 1 aliphatic heterocycles. The summed E-state index contributed by atoms with van der Waals surface area (Å²) in [6.07, 6.45) is 4.93. The summed E-state index contributed by atoms with van der Waals surface area (Å²) in [5.74, 6) is 1.55. The molecular weight excluding hydrogens is 322 g/mol. The van der Waals surface area contributed by atoms with Crippen LogP contribution in [0.1, 0.15) is 36.2 Å². The first-order valence-corrected chi connectivity index (χ1v) is 8.60. The number of hydrogen-bond donors (Lipinski definition) is 2. The van der Waals surface area contributed by atoms with Gasteiger partial charge in [0.15, 0.2) is 29.3 Å². The van der Waals surface area contributed by atoms with Crippen LogP contribution in [0.25, 0.3) is 11.3 Å². The molecule has 0 spiro atoms. The van der Waals surface area contributed by atoms with E-state index in [4.69, 9.17) is 19.6 Å². The van der Waals surface area contributed by atoms with Crippen molar-refractivity contribution in [2.45, 2.75) is 37.8 Å². The highest BCUT2D eigenvalue weighted by Crippen LogP contribution is 2.35. The van der Waals surface area contributed by atoms with Gasteiger partial charge >= 0.3 is 0 Å². The molecule has 1 aliphatic carbocycles. The highest BCUT2D eigenvalue weighted by Gasteiger charge is 2.25. The largest absolute Gasteiger partial charge is 0.486 e. The third-order valence-corrected chi connectivity index (χ3v) is 4.69. The summed E-state index contributed by atoms with van der Waals surface area (Å²) < 4.78 is 16.6. The van der Waals surface area contributed by atoms with Crippen LogP contribution in [0.5, 0.6) is 11.5 Å². The van der Waals surface area contributed by atoms with Crippen molar-refractivity contribution in [1.29, 1.82) is 0 Å². The van der Waals surface area contributed by atoms with Crippen molar-refractivity contribution in [3.8, 4) is 22.8 Å². The second-order valence-corrected chi connectivity index (χ2v) is 6.47. The van der Waals surface area contributed by atoms with Crippen molar-refractivity contribution in [1.82, 2.24) is 10.3 Å². The molecule has 132 valence electrons. The van der Waals surface area contributed by atoms with Gasteiger partial charge in [-0.25, -0.2) is 4.98 Å². The molecule has 25 heavy (non-hydrogen) atoms. The van der Waals surface area contributed by atoms with E-state index in [0.717, 1.165) is 31.2 Å². The first kappa shape index (κ1) is 16.0. The first-order chi connectivity index (χ1) is 12.2. The lowest BCUT2D eigenvalue weighted by Gasteiger charge is -2.26. The zero-order valence-corrected chi connectivity index (χ0v) is 13.9. The van der Waals surface area contributed by atoms with Crippen molar-refractivity contribution in [2.75, 3.05) is 13.2 Å². The van der Waals surface area contributed by atoms with Gasteiger partial charge in [-0.05, 0) is 43.9 Å². The SMILES string of the molecule is NC1CCC(NC(=O)c2ncoc2-c2ccc3c(c2)OCCO3)CC1. The minimum Gasteiger partial charge on any atom is -0.486 e. The zero-order valence-electron chi connectivity index (χ0n) is 13.9. The van der Waals surface area contributed by atoms with E-state index in [2.05, 4.69) is 10.3 Å². The number of fused-ring (bicyclic) bond motifs is 1. The Morgan fingerprint density at radius 1 is 1.12 bits per heavy atom. The molecule has 0 atom stereocenters. The fourth-order valence-corrected chi connectivity index (χ4v) is 3.31. The number of carbonyl (C=O) groups excluding carboxylic acids is 1. The molecule has 0 radical (unpaired) electrons. The average molecular weight is 343 g/mol. The van der Waals surface area contributed by atoms with Crippen molar-refractivity contribution in [3.05, 3.63) is 30.3 Å². The molecule has 1 saturated carbocycles. The predicted molar refractivity (Wildman–Crippen MR) is 90.6 cm³/mol. The number of ether oxygens (including phenoxy) is 2. The molecule has 0 saturated heterocycles. The van der Waals surface area contributed by atoms with Crippen molar-refractivity contribution >= 4 is 5.91 Å². The number of nitrogens with two attached hydrogens (primary N) is 1. The van der Waals surface area contributed by atoms with Crippen LogP contribution in [0.3, 0.4) is 0 Å². The molecule has 2 aliphatic rings. The Balaban J connectivity index is 1.53. The molecule has 7 nitrogen and oxygen atoms in total. The van der Waals surface area contributed by atoms with E-state index < -0.39 is 0 Å². The van der Waals surface area contributed by atoms with Gasteiger partial charge in [-0.15, -0.1) is 0 Å². The summed E-state index contributed by atoms with van der Waals surface area (Å²) in [5, 5.41) is 3.04. The van der Waals surface area contributed by atoms with E-state index in [9.17, 15) is 4.79 Å². The van der Waals surface area contributed by atoms with Crippen molar-refractivity contribution < 1.29 is 18.7 Å². The van der Waals surface area contributed by atoms with Gasteiger partial charge in [0.2, 0.25) is 0 Å². The Morgan fingerprint density at radius 2 is 1.88 bits per heavy atom. The van der Waals surface area contributed by atoms with Gasteiger partial charge in [0.1, 0.15) is 13.2 Å². The maximum atomic E-state index is 12.6. The van der Waals surface area contributed by atoms with Gasteiger partial charge < -0.3 is 24.9 Å². The first-order valence-electron chi connectivity index (χ1n) is 8.60. The molecule has 2 aromatic rings. The van der Waals surface area contributed by atoms with Crippen molar-refractivity contribution in [3.63, 3.8) is 0 Å². The highest BCUT2D eigenvalue weighted by molar-refractivity contribution is 5.97. The summed E-state index contributed by atoms with van der Waals surface area (Å²) >= 11 is 0. The summed E-state index contributed by atoms with van der Waals surface area (Å²) in [4.78, 5) is 16.7. The number of oxazole rings is 1. The third-order valence-electron chi connectivity index (χ3n) is 4.69. The number of rotatable bonds is 3. The van der Waals surface area contributed by atoms with Crippen LogP contribution in [0, 0.1) is 0 Å². The van der Waals surface area contributed by atoms with Crippen LogP contribution in [0.4, 0.5) is 0 Å². The number of nitrogens with one attached hydrogen (secondary N) is 1. The van der Waals surface area contributed by atoms with Crippen LogP contribution in [0.15, 0.2) is 29.0 Å². The summed E-state index contributed by atoms with van der Waals surface area (Å²) in [5.41, 5.74) is 6.93. The second-order valence-electron chi connectivity index (χ2n) is 6.47. The summed E-state index contributed by atoms with van der Waals surface area (Å²) in [6.45, 7) is 1.04. The molecule has 0 bridgehead atoms. The standard InChI is InChI=1S/C18H21N3O4/c19-12-2-4-13(5-3-12)21-18(22)16-17(25-10-20-16)11-1-6-14-15(9-11)24-8-7-23-14/h1,6,9-10,12-13H,2-5,7-8,19H2,(H,21,22). The van der Waals surface area contributed by atoms with Crippen LogP contribution in [-0.2, 0) is 0 Å². The maximum Gasteiger partial charge on any atom is 0.274 e. The molecule has 1 amide bonds. The fourth-order valence-electron chi connectivity index (χ4n) is 3.31. The van der Waals surface area contributed by atoms with E-state index in [0.29, 0.717) is 30.5 Å². The van der Waals surface area contributed by atoms with Crippen LogP contribution >= 0.6 is 0 Å². The quantitative estimate of drug-likeness (QED) is 0.885. The fraction of sp³-hybridized carbons (Fsp3) is 0.444. The van der Waals surface area contributed by atoms with E-state index in [1.807, 2.05) is 18.2 Å². The number of hydrogen-bond acceptors (Lipinski definition) is 6. The van der Waals surface area contributed by atoms with Crippen LogP contribution in [0.2, 0.25) is 0 Å². The molecule has 2 heterocycles. The lowest BCUT2D eigenvalue weighted by Crippen LogP contribution is -2.40. The van der Waals surface area contributed by atoms with Crippen molar-refractivity contribution in [2.24, 2.45) is 5.73 Å².